The van der Waals surface area contributed by atoms with Crippen molar-refractivity contribution in [3.05, 3.63) is 46.2 Å². The number of nitrogens with zero attached hydrogens (tertiary/aromatic N) is 1. The Morgan fingerprint density at radius 2 is 1.74 bits per heavy atom. The molecular formula is C16H22N2O. The van der Waals surface area contributed by atoms with E-state index < -0.39 is 0 Å². The number of aromatic nitrogens is 2. The molecule has 0 saturated carbocycles. The monoisotopic (exact) mass is 258 g/mol. The van der Waals surface area contributed by atoms with Crippen LogP contribution in [0.15, 0.2) is 35.1 Å². The standard InChI is InChI=1S/C16H22N2O/c1-11(2)10-18-16(19)14(12(3)4)15(17-18)13-8-6-5-7-9-13/h5-9,11-12,17H,10H2,1-4H3. The van der Waals surface area contributed by atoms with E-state index in [1.807, 2.05) is 30.3 Å². The maximum Gasteiger partial charge on any atom is 0.270 e. The van der Waals surface area contributed by atoms with E-state index in [0.717, 1.165) is 23.4 Å². The molecule has 3 heteroatoms. The molecule has 0 amide bonds. The Morgan fingerprint density at radius 3 is 2.26 bits per heavy atom. The van der Waals surface area contributed by atoms with Crippen molar-refractivity contribution in [3.8, 4) is 11.3 Å². The van der Waals surface area contributed by atoms with Gasteiger partial charge >= 0.3 is 0 Å². The van der Waals surface area contributed by atoms with Crippen molar-refractivity contribution in [1.82, 2.24) is 9.78 Å². The van der Waals surface area contributed by atoms with Crippen LogP contribution < -0.4 is 5.56 Å². The summed E-state index contributed by atoms with van der Waals surface area (Å²) in [4.78, 5) is 12.5. The number of rotatable bonds is 4. The van der Waals surface area contributed by atoms with Crippen molar-refractivity contribution in [3.63, 3.8) is 0 Å². The number of H-pyrrole nitrogens is 1. The maximum absolute atomic E-state index is 12.5. The van der Waals surface area contributed by atoms with Crippen molar-refractivity contribution in [2.45, 2.75) is 40.2 Å². The van der Waals surface area contributed by atoms with Gasteiger partial charge in [0.05, 0.1) is 5.69 Å². The van der Waals surface area contributed by atoms with Crippen molar-refractivity contribution in [2.24, 2.45) is 5.92 Å². The van der Waals surface area contributed by atoms with Crippen molar-refractivity contribution >= 4 is 0 Å². The van der Waals surface area contributed by atoms with Crippen LogP contribution in [0, 0.1) is 5.92 Å². The molecule has 1 N–H and O–H groups in total. The summed E-state index contributed by atoms with van der Waals surface area (Å²) in [5.41, 5.74) is 3.03. The van der Waals surface area contributed by atoms with Crippen LogP contribution >= 0.6 is 0 Å². The molecule has 0 aliphatic rings. The van der Waals surface area contributed by atoms with Crippen LogP contribution in [0.5, 0.6) is 0 Å². The SMILES string of the molecule is CC(C)Cn1[nH]c(-c2ccccc2)c(C(C)C)c1=O. The first kappa shape index (κ1) is 13.7. The Balaban J connectivity index is 2.57. The molecule has 1 heterocycles. The Bertz CT molecular complexity index is 591. The highest BCUT2D eigenvalue weighted by Gasteiger charge is 2.18. The zero-order valence-electron chi connectivity index (χ0n) is 12.1. The van der Waals surface area contributed by atoms with Crippen LogP contribution in [-0.4, -0.2) is 9.78 Å². The van der Waals surface area contributed by atoms with Gasteiger partial charge in [0.2, 0.25) is 0 Å². The lowest BCUT2D eigenvalue weighted by Crippen LogP contribution is -2.22. The quantitative estimate of drug-likeness (QED) is 0.893. The largest absolute Gasteiger partial charge is 0.295 e. The lowest BCUT2D eigenvalue weighted by molar-refractivity contribution is 0.473. The summed E-state index contributed by atoms with van der Waals surface area (Å²) in [6.45, 7) is 9.09. The third-order valence-electron chi connectivity index (χ3n) is 3.18. The Kier molecular flexibility index (Phi) is 3.93. The third-order valence-corrected chi connectivity index (χ3v) is 3.18. The van der Waals surface area contributed by atoms with Crippen LogP contribution in [0.1, 0.15) is 39.2 Å². The Morgan fingerprint density at radius 1 is 1.11 bits per heavy atom. The minimum absolute atomic E-state index is 0.113. The minimum Gasteiger partial charge on any atom is -0.295 e. The Hall–Kier alpha value is -1.77. The van der Waals surface area contributed by atoms with Crippen LogP contribution in [0.3, 0.4) is 0 Å². The normalized spacial score (nSPS) is 11.5. The molecular weight excluding hydrogens is 236 g/mol. The van der Waals surface area contributed by atoms with Gasteiger partial charge in [-0.05, 0) is 17.4 Å². The first-order chi connectivity index (χ1) is 9.00. The predicted octanol–water partition coefficient (Wildman–Crippen LogP) is 3.62. The summed E-state index contributed by atoms with van der Waals surface area (Å²) in [6, 6.07) is 10.1. The van der Waals surface area contributed by atoms with E-state index in [9.17, 15) is 4.79 Å². The van der Waals surface area contributed by atoms with E-state index in [4.69, 9.17) is 0 Å². The lowest BCUT2D eigenvalue weighted by Gasteiger charge is -2.05. The van der Waals surface area contributed by atoms with E-state index in [-0.39, 0.29) is 11.5 Å². The lowest BCUT2D eigenvalue weighted by atomic mass is 9.99. The zero-order valence-corrected chi connectivity index (χ0v) is 12.1. The first-order valence-corrected chi connectivity index (χ1v) is 6.88. The molecule has 0 radical (unpaired) electrons. The van der Waals surface area contributed by atoms with Gasteiger partial charge in [-0.3, -0.25) is 14.6 Å². The number of aromatic amines is 1. The molecule has 0 bridgehead atoms. The minimum atomic E-state index is 0.113. The van der Waals surface area contributed by atoms with Gasteiger partial charge in [-0.1, -0.05) is 58.0 Å². The van der Waals surface area contributed by atoms with Crippen molar-refractivity contribution in [2.75, 3.05) is 0 Å². The summed E-state index contributed by atoms with van der Waals surface area (Å²) in [7, 11) is 0. The number of benzene rings is 1. The molecule has 1 aromatic carbocycles. The molecule has 3 nitrogen and oxygen atoms in total. The average Bonchev–Trinajstić information content (AvgIpc) is 2.67. The highest BCUT2D eigenvalue weighted by atomic mass is 16.1. The molecule has 0 saturated heterocycles. The van der Waals surface area contributed by atoms with Crippen molar-refractivity contribution < 1.29 is 0 Å². The van der Waals surface area contributed by atoms with Crippen LogP contribution in [0.2, 0.25) is 0 Å². The average molecular weight is 258 g/mol. The van der Waals surface area contributed by atoms with Gasteiger partial charge in [0.1, 0.15) is 0 Å². The second kappa shape index (κ2) is 5.47. The van der Waals surface area contributed by atoms with Gasteiger partial charge in [-0.15, -0.1) is 0 Å². The summed E-state index contributed by atoms with van der Waals surface area (Å²) < 4.78 is 1.74. The van der Waals surface area contributed by atoms with E-state index in [1.165, 1.54) is 0 Å². The summed E-state index contributed by atoms with van der Waals surface area (Å²) in [5, 5.41) is 3.28. The Labute approximate surface area is 114 Å². The molecule has 2 aromatic rings. The predicted molar refractivity (Wildman–Crippen MR) is 79.4 cm³/mol. The molecule has 1 aromatic heterocycles. The highest BCUT2D eigenvalue weighted by molar-refractivity contribution is 5.63. The molecule has 0 aliphatic heterocycles. The van der Waals surface area contributed by atoms with Crippen LogP contribution in [-0.2, 0) is 6.54 Å². The molecule has 0 atom stereocenters. The molecule has 0 aliphatic carbocycles. The molecule has 19 heavy (non-hydrogen) atoms. The summed E-state index contributed by atoms with van der Waals surface area (Å²) in [6.07, 6.45) is 0. The number of hydrogen-bond donors (Lipinski definition) is 1. The summed E-state index contributed by atoms with van der Waals surface area (Å²) >= 11 is 0. The zero-order chi connectivity index (χ0) is 14.0. The topological polar surface area (TPSA) is 37.8 Å². The molecule has 0 spiro atoms. The van der Waals surface area contributed by atoms with E-state index in [2.05, 4.69) is 32.8 Å². The third kappa shape index (κ3) is 2.80. The van der Waals surface area contributed by atoms with E-state index in [0.29, 0.717) is 5.92 Å². The van der Waals surface area contributed by atoms with Crippen molar-refractivity contribution in [1.29, 1.82) is 0 Å². The second-order valence-electron chi connectivity index (χ2n) is 5.73. The molecule has 102 valence electrons. The van der Waals surface area contributed by atoms with E-state index in [1.54, 1.807) is 4.68 Å². The molecule has 0 unspecified atom stereocenters. The fraction of sp³-hybridized carbons (Fsp3) is 0.438. The van der Waals surface area contributed by atoms with Gasteiger partial charge in [-0.2, -0.15) is 0 Å². The maximum atomic E-state index is 12.5. The van der Waals surface area contributed by atoms with Gasteiger partial charge in [-0.25, -0.2) is 0 Å². The van der Waals surface area contributed by atoms with Gasteiger partial charge in [0, 0.05) is 12.1 Å². The fourth-order valence-corrected chi connectivity index (χ4v) is 2.35. The fourth-order valence-electron chi connectivity index (χ4n) is 2.35. The van der Waals surface area contributed by atoms with Crippen LogP contribution in [0.4, 0.5) is 0 Å². The van der Waals surface area contributed by atoms with E-state index >= 15 is 0 Å². The second-order valence-corrected chi connectivity index (χ2v) is 5.73. The highest BCUT2D eigenvalue weighted by Crippen LogP contribution is 2.24. The molecule has 2 rings (SSSR count). The van der Waals surface area contributed by atoms with Gasteiger partial charge < -0.3 is 0 Å². The summed E-state index contributed by atoms with van der Waals surface area (Å²) in [5.74, 6) is 0.660. The first-order valence-electron chi connectivity index (χ1n) is 6.88. The van der Waals surface area contributed by atoms with Crippen LogP contribution in [0.25, 0.3) is 11.3 Å². The molecule has 0 fully saturated rings. The number of hydrogen-bond acceptors (Lipinski definition) is 1. The van der Waals surface area contributed by atoms with Gasteiger partial charge in [0.25, 0.3) is 5.56 Å². The smallest absolute Gasteiger partial charge is 0.270 e. The number of nitrogens with one attached hydrogen (secondary N) is 1. The van der Waals surface area contributed by atoms with Gasteiger partial charge in [0.15, 0.2) is 0 Å².